The molecule has 1 amide bonds. The van der Waals surface area contributed by atoms with Crippen molar-refractivity contribution in [3.05, 3.63) is 46.2 Å². The molecule has 0 saturated carbocycles. The first-order valence-electron chi connectivity index (χ1n) is 7.89. The van der Waals surface area contributed by atoms with Crippen LogP contribution in [-0.2, 0) is 10.0 Å². The zero-order valence-electron chi connectivity index (χ0n) is 13.7. The van der Waals surface area contributed by atoms with Gasteiger partial charge in [0.1, 0.15) is 0 Å². The number of hydrogen-bond acceptors (Lipinski definition) is 5. The van der Waals surface area contributed by atoms with Gasteiger partial charge in [0.15, 0.2) is 5.78 Å². The topological polar surface area (TPSA) is 83.5 Å². The fourth-order valence-corrected chi connectivity index (χ4v) is 5.31. The van der Waals surface area contributed by atoms with Gasteiger partial charge < -0.3 is 5.32 Å². The molecule has 1 aromatic heterocycles. The quantitative estimate of drug-likeness (QED) is 0.811. The summed E-state index contributed by atoms with van der Waals surface area (Å²) in [7, 11) is -3.51. The summed E-state index contributed by atoms with van der Waals surface area (Å²) in [5.41, 5.74) is 1.11. The Kier molecular flexibility index (Phi) is 5.03. The molecule has 0 radical (unpaired) electrons. The van der Waals surface area contributed by atoms with Crippen LogP contribution in [0.1, 0.15) is 39.8 Å². The summed E-state index contributed by atoms with van der Waals surface area (Å²) in [4.78, 5) is 24.1. The molecule has 6 nitrogen and oxygen atoms in total. The first-order valence-corrected chi connectivity index (χ1v) is 10.2. The van der Waals surface area contributed by atoms with Crippen LogP contribution in [0.5, 0.6) is 0 Å². The van der Waals surface area contributed by atoms with Crippen molar-refractivity contribution < 1.29 is 18.0 Å². The SMILES string of the molecule is CC(=O)c1ccc(NC(=O)c2cc(S(=O)(=O)N3CCCC3)cs2)cc1. The fourth-order valence-electron chi connectivity index (χ4n) is 2.63. The lowest BCUT2D eigenvalue weighted by Crippen LogP contribution is -2.27. The van der Waals surface area contributed by atoms with Gasteiger partial charge >= 0.3 is 0 Å². The van der Waals surface area contributed by atoms with Gasteiger partial charge in [-0.3, -0.25) is 9.59 Å². The smallest absolute Gasteiger partial charge is 0.265 e. The maximum Gasteiger partial charge on any atom is 0.265 e. The third-order valence-electron chi connectivity index (χ3n) is 4.05. The van der Waals surface area contributed by atoms with Gasteiger partial charge in [-0.25, -0.2) is 8.42 Å². The molecule has 0 bridgehead atoms. The van der Waals surface area contributed by atoms with Crippen LogP contribution >= 0.6 is 11.3 Å². The van der Waals surface area contributed by atoms with E-state index in [1.807, 2.05) is 0 Å². The van der Waals surface area contributed by atoms with Crippen LogP contribution < -0.4 is 5.32 Å². The van der Waals surface area contributed by atoms with E-state index >= 15 is 0 Å². The first kappa shape index (κ1) is 17.8. The predicted octanol–water partition coefficient (Wildman–Crippen LogP) is 2.99. The molecular formula is C17H18N2O4S2. The van der Waals surface area contributed by atoms with Crippen LogP contribution in [0.2, 0.25) is 0 Å². The number of anilines is 1. The second-order valence-electron chi connectivity index (χ2n) is 5.85. The van der Waals surface area contributed by atoms with Crippen LogP contribution in [-0.4, -0.2) is 37.5 Å². The van der Waals surface area contributed by atoms with Crippen LogP contribution in [0, 0.1) is 0 Å². The molecular weight excluding hydrogens is 360 g/mol. The van der Waals surface area contributed by atoms with Gasteiger partial charge in [0, 0.05) is 29.7 Å². The van der Waals surface area contributed by atoms with E-state index in [0.717, 1.165) is 24.2 Å². The minimum Gasteiger partial charge on any atom is -0.321 e. The summed E-state index contributed by atoms with van der Waals surface area (Å²) in [5.74, 6) is -0.420. The Morgan fingerprint density at radius 2 is 1.76 bits per heavy atom. The Labute approximate surface area is 150 Å². The number of Topliss-reactive ketones (excluding diaryl/α,β-unsaturated/α-hetero) is 1. The maximum atomic E-state index is 12.5. The average Bonchev–Trinajstić information content (AvgIpc) is 3.27. The summed E-state index contributed by atoms with van der Waals surface area (Å²) < 4.78 is 26.5. The van der Waals surface area contributed by atoms with E-state index in [9.17, 15) is 18.0 Å². The Morgan fingerprint density at radius 3 is 2.36 bits per heavy atom. The molecule has 1 aliphatic heterocycles. The zero-order valence-corrected chi connectivity index (χ0v) is 15.3. The van der Waals surface area contributed by atoms with Gasteiger partial charge in [-0.15, -0.1) is 11.3 Å². The monoisotopic (exact) mass is 378 g/mol. The van der Waals surface area contributed by atoms with E-state index in [4.69, 9.17) is 0 Å². The van der Waals surface area contributed by atoms with E-state index in [2.05, 4.69) is 5.32 Å². The van der Waals surface area contributed by atoms with Crippen molar-refractivity contribution in [3.8, 4) is 0 Å². The lowest BCUT2D eigenvalue weighted by Gasteiger charge is -2.13. The van der Waals surface area contributed by atoms with Crippen molar-refractivity contribution in [2.45, 2.75) is 24.7 Å². The lowest BCUT2D eigenvalue weighted by atomic mass is 10.1. The normalized spacial score (nSPS) is 15.2. The Balaban J connectivity index is 1.73. The molecule has 1 saturated heterocycles. The Hall–Kier alpha value is -2.03. The van der Waals surface area contributed by atoms with Crippen LogP contribution in [0.4, 0.5) is 5.69 Å². The summed E-state index contributed by atoms with van der Waals surface area (Å²) in [6.45, 7) is 2.53. The summed E-state index contributed by atoms with van der Waals surface area (Å²) >= 11 is 1.10. The second-order valence-corrected chi connectivity index (χ2v) is 8.69. The largest absolute Gasteiger partial charge is 0.321 e. The summed E-state index contributed by atoms with van der Waals surface area (Å²) in [6, 6.07) is 7.97. The predicted molar refractivity (Wildman–Crippen MR) is 96.7 cm³/mol. The Bertz CT molecular complexity index is 895. The standard InChI is InChI=1S/C17H18N2O4S2/c1-12(20)13-4-6-14(7-5-13)18-17(21)16-10-15(11-24-16)25(22,23)19-8-2-3-9-19/h4-7,10-11H,2-3,8-9H2,1H3,(H,18,21). The molecule has 2 aromatic rings. The highest BCUT2D eigenvalue weighted by molar-refractivity contribution is 7.89. The van der Waals surface area contributed by atoms with Gasteiger partial charge in [-0.2, -0.15) is 4.31 Å². The third kappa shape index (κ3) is 3.81. The van der Waals surface area contributed by atoms with Crippen molar-refractivity contribution in [2.75, 3.05) is 18.4 Å². The molecule has 1 N–H and O–H groups in total. The van der Waals surface area contributed by atoms with E-state index < -0.39 is 10.0 Å². The number of benzene rings is 1. The fraction of sp³-hybridized carbons (Fsp3) is 0.294. The molecule has 132 valence electrons. The third-order valence-corrected chi connectivity index (χ3v) is 7.01. The van der Waals surface area contributed by atoms with Crippen molar-refractivity contribution in [3.63, 3.8) is 0 Å². The molecule has 1 fully saturated rings. The van der Waals surface area contributed by atoms with E-state index in [0.29, 0.717) is 29.2 Å². The van der Waals surface area contributed by atoms with Crippen molar-refractivity contribution >= 4 is 38.7 Å². The van der Waals surface area contributed by atoms with Gasteiger partial charge in [0.2, 0.25) is 10.0 Å². The number of nitrogens with one attached hydrogen (secondary N) is 1. The number of carbonyl (C=O) groups is 2. The number of rotatable bonds is 5. The zero-order chi connectivity index (χ0) is 18.0. The van der Waals surface area contributed by atoms with Gasteiger partial charge in [0.25, 0.3) is 5.91 Å². The highest BCUT2D eigenvalue weighted by Crippen LogP contribution is 2.26. The minimum atomic E-state index is -3.51. The molecule has 8 heteroatoms. The number of sulfonamides is 1. The number of amides is 1. The number of carbonyl (C=O) groups excluding carboxylic acids is 2. The van der Waals surface area contributed by atoms with E-state index in [1.165, 1.54) is 22.7 Å². The summed E-state index contributed by atoms with van der Waals surface area (Å²) in [5, 5.41) is 4.21. The highest BCUT2D eigenvalue weighted by Gasteiger charge is 2.28. The van der Waals surface area contributed by atoms with Crippen LogP contribution in [0.15, 0.2) is 40.6 Å². The van der Waals surface area contributed by atoms with Gasteiger partial charge in [-0.1, -0.05) is 0 Å². The average molecular weight is 378 g/mol. The van der Waals surface area contributed by atoms with Crippen LogP contribution in [0.3, 0.4) is 0 Å². The molecule has 25 heavy (non-hydrogen) atoms. The summed E-state index contributed by atoms with van der Waals surface area (Å²) in [6.07, 6.45) is 1.74. The van der Waals surface area contributed by atoms with Gasteiger partial charge in [0.05, 0.1) is 9.77 Å². The Morgan fingerprint density at radius 1 is 1.12 bits per heavy atom. The highest BCUT2D eigenvalue weighted by atomic mass is 32.2. The minimum absolute atomic E-state index is 0.0482. The lowest BCUT2D eigenvalue weighted by molar-refractivity contribution is 0.101. The van der Waals surface area contributed by atoms with Gasteiger partial charge in [-0.05, 0) is 50.1 Å². The van der Waals surface area contributed by atoms with Crippen LogP contribution in [0.25, 0.3) is 0 Å². The molecule has 3 rings (SSSR count). The molecule has 1 aliphatic rings. The maximum absolute atomic E-state index is 12.5. The van der Waals surface area contributed by atoms with Crippen molar-refractivity contribution in [1.29, 1.82) is 0 Å². The number of hydrogen-bond donors (Lipinski definition) is 1. The van der Waals surface area contributed by atoms with Crippen molar-refractivity contribution in [1.82, 2.24) is 4.31 Å². The molecule has 2 heterocycles. The molecule has 0 aliphatic carbocycles. The van der Waals surface area contributed by atoms with Crippen molar-refractivity contribution in [2.24, 2.45) is 0 Å². The first-order chi connectivity index (χ1) is 11.9. The second kappa shape index (κ2) is 7.07. The molecule has 1 aromatic carbocycles. The molecule has 0 atom stereocenters. The van der Waals surface area contributed by atoms with E-state index in [1.54, 1.807) is 24.3 Å². The molecule has 0 unspecified atom stereocenters. The number of thiophene rings is 1. The number of ketones is 1. The number of nitrogens with zero attached hydrogens (tertiary/aromatic N) is 1. The molecule has 0 spiro atoms. The van der Waals surface area contributed by atoms with E-state index in [-0.39, 0.29) is 16.6 Å².